The maximum atomic E-state index is 12.2. The summed E-state index contributed by atoms with van der Waals surface area (Å²) in [5.74, 6) is 0.219. The Morgan fingerprint density at radius 3 is 2.71 bits per heavy atom. The monoisotopic (exact) mass is 259 g/mol. The molecule has 0 aromatic carbocycles. The molecule has 0 N–H and O–H groups in total. The van der Waals surface area contributed by atoms with E-state index in [0.717, 1.165) is 6.42 Å². The van der Waals surface area contributed by atoms with E-state index in [-0.39, 0.29) is 11.7 Å². The van der Waals surface area contributed by atoms with Crippen LogP contribution in [-0.4, -0.2) is 33.1 Å². The highest BCUT2D eigenvalue weighted by Crippen LogP contribution is 2.33. The third kappa shape index (κ3) is 3.97. The van der Waals surface area contributed by atoms with E-state index in [0.29, 0.717) is 31.8 Å². The second-order valence-corrected chi connectivity index (χ2v) is 7.25. The van der Waals surface area contributed by atoms with Crippen LogP contribution in [0.5, 0.6) is 0 Å². The quantitative estimate of drug-likeness (QED) is 0.706. The van der Waals surface area contributed by atoms with Gasteiger partial charge < -0.3 is 4.74 Å². The zero-order chi connectivity index (χ0) is 12.9. The molecule has 0 aromatic heterocycles. The molecule has 0 heterocycles. The summed E-state index contributed by atoms with van der Waals surface area (Å²) in [5, 5.41) is 8.58. The van der Waals surface area contributed by atoms with Crippen molar-refractivity contribution in [2.45, 2.75) is 37.9 Å². The highest BCUT2D eigenvalue weighted by atomic mass is 32.2. The van der Waals surface area contributed by atoms with Crippen molar-refractivity contribution in [1.82, 2.24) is 0 Å². The van der Waals surface area contributed by atoms with Crippen LogP contribution in [0, 0.1) is 23.2 Å². The molecular weight excluding hydrogens is 238 g/mol. The minimum absolute atomic E-state index is 0.135. The zero-order valence-electron chi connectivity index (χ0n) is 10.6. The summed E-state index contributed by atoms with van der Waals surface area (Å²) < 4.78 is 29.2. The van der Waals surface area contributed by atoms with Gasteiger partial charge in [-0.1, -0.05) is 6.92 Å². The van der Waals surface area contributed by atoms with Crippen molar-refractivity contribution in [1.29, 1.82) is 5.26 Å². The van der Waals surface area contributed by atoms with Crippen molar-refractivity contribution in [3.05, 3.63) is 0 Å². The first-order valence-corrected chi connectivity index (χ1v) is 7.83. The maximum Gasteiger partial charge on any atom is 0.154 e. The first-order chi connectivity index (χ1) is 8.01. The van der Waals surface area contributed by atoms with Gasteiger partial charge in [-0.25, -0.2) is 8.42 Å². The molecule has 1 saturated carbocycles. The molecule has 0 bridgehead atoms. The molecule has 17 heavy (non-hydrogen) atoms. The SMILES string of the molecule is COCCCS(=O)(=O)C1CC(C)CCC1C#N. The highest BCUT2D eigenvalue weighted by molar-refractivity contribution is 7.92. The second kappa shape index (κ2) is 6.36. The van der Waals surface area contributed by atoms with Gasteiger partial charge in [0.1, 0.15) is 0 Å². The summed E-state index contributed by atoms with van der Waals surface area (Å²) in [6.07, 6.45) is 2.82. The Hall–Kier alpha value is -0.600. The molecule has 0 radical (unpaired) electrons. The van der Waals surface area contributed by atoms with Gasteiger partial charge in [-0.15, -0.1) is 0 Å². The van der Waals surface area contributed by atoms with Gasteiger partial charge in [0.15, 0.2) is 9.84 Å². The number of hydrogen-bond donors (Lipinski definition) is 0. The van der Waals surface area contributed by atoms with E-state index >= 15 is 0 Å². The van der Waals surface area contributed by atoms with Gasteiger partial charge in [0, 0.05) is 13.7 Å². The number of rotatable bonds is 5. The van der Waals surface area contributed by atoms with Crippen molar-refractivity contribution in [2.75, 3.05) is 19.5 Å². The Bertz CT molecular complexity index is 372. The number of hydrogen-bond acceptors (Lipinski definition) is 4. The zero-order valence-corrected chi connectivity index (χ0v) is 11.4. The number of sulfone groups is 1. The predicted octanol–water partition coefficient (Wildman–Crippen LogP) is 1.77. The largest absolute Gasteiger partial charge is 0.385 e. The van der Waals surface area contributed by atoms with Crippen LogP contribution in [0.15, 0.2) is 0 Å². The fraction of sp³-hybridized carbons (Fsp3) is 0.917. The summed E-state index contributed by atoms with van der Waals surface area (Å²) in [6.45, 7) is 2.52. The van der Waals surface area contributed by atoms with Gasteiger partial charge in [-0.3, -0.25) is 0 Å². The summed E-state index contributed by atoms with van der Waals surface area (Å²) in [7, 11) is -1.59. The lowest BCUT2D eigenvalue weighted by Crippen LogP contribution is -2.36. The first kappa shape index (κ1) is 14.5. The van der Waals surface area contributed by atoms with Crippen LogP contribution < -0.4 is 0 Å². The third-order valence-corrected chi connectivity index (χ3v) is 5.76. The number of methoxy groups -OCH3 is 1. The highest BCUT2D eigenvalue weighted by Gasteiger charge is 2.37. The standard InChI is InChI=1S/C12H21NO3S/c1-10-4-5-11(9-13)12(8-10)17(14,15)7-3-6-16-2/h10-12H,3-8H2,1-2H3. The van der Waals surface area contributed by atoms with E-state index in [1.165, 1.54) is 0 Å². The Labute approximate surface area is 104 Å². The maximum absolute atomic E-state index is 12.2. The topological polar surface area (TPSA) is 67.2 Å². The van der Waals surface area contributed by atoms with Crippen LogP contribution in [0.1, 0.15) is 32.6 Å². The van der Waals surface area contributed by atoms with Crippen molar-refractivity contribution in [3.63, 3.8) is 0 Å². The minimum atomic E-state index is -3.15. The van der Waals surface area contributed by atoms with E-state index in [2.05, 4.69) is 13.0 Å². The van der Waals surface area contributed by atoms with Gasteiger partial charge in [0.25, 0.3) is 0 Å². The molecule has 0 saturated heterocycles. The average molecular weight is 259 g/mol. The van der Waals surface area contributed by atoms with Gasteiger partial charge >= 0.3 is 0 Å². The molecule has 98 valence electrons. The smallest absolute Gasteiger partial charge is 0.154 e. The van der Waals surface area contributed by atoms with E-state index < -0.39 is 15.1 Å². The summed E-state index contributed by atoms with van der Waals surface area (Å²) in [6, 6.07) is 2.16. The lowest BCUT2D eigenvalue weighted by atomic mass is 9.83. The van der Waals surface area contributed by atoms with Gasteiger partial charge in [0.05, 0.1) is 23.0 Å². The lowest BCUT2D eigenvalue weighted by molar-refractivity contribution is 0.199. The Kier molecular flexibility index (Phi) is 5.41. The number of ether oxygens (including phenoxy) is 1. The van der Waals surface area contributed by atoms with Crippen molar-refractivity contribution in [2.24, 2.45) is 11.8 Å². The molecule has 3 unspecified atom stereocenters. The predicted molar refractivity (Wildman–Crippen MR) is 66.2 cm³/mol. The van der Waals surface area contributed by atoms with Crippen LogP contribution in [0.4, 0.5) is 0 Å². The van der Waals surface area contributed by atoms with Crippen LogP contribution in [0.3, 0.4) is 0 Å². The molecule has 0 spiro atoms. The molecule has 5 heteroatoms. The molecule has 1 fully saturated rings. The average Bonchev–Trinajstić information content (AvgIpc) is 2.29. The van der Waals surface area contributed by atoms with Crippen LogP contribution in [0.2, 0.25) is 0 Å². The van der Waals surface area contributed by atoms with Crippen LogP contribution >= 0.6 is 0 Å². The van der Waals surface area contributed by atoms with E-state index in [4.69, 9.17) is 10.00 Å². The molecule has 0 amide bonds. The summed E-state index contributed by atoms with van der Waals surface area (Å²) in [5.41, 5.74) is 0. The van der Waals surface area contributed by atoms with E-state index in [9.17, 15) is 8.42 Å². The summed E-state index contributed by atoms with van der Waals surface area (Å²) in [4.78, 5) is 0. The van der Waals surface area contributed by atoms with E-state index in [1.807, 2.05) is 0 Å². The van der Waals surface area contributed by atoms with Gasteiger partial charge in [-0.2, -0.15) is 5.26 Å². The molecule has 0 aromatic rings. The summed E-state index contributed by atoms with van der Waals surface area (Å²) >= 11 is 0. The van der Waals surface area contributed by atoms with Crippen molar-refractivity contribution < 1.29 is 13.2 Å². The third-order valence-electron chi connectivity index (χ3n) is 3.46. The molecule has 0 aliphatic heterocycles. The molecule has 4 nitrogen and oxygen atoms in total. The Morgan fingerprint density at radius 2 is 2.12 bits per heavy atom. The molecular formula is C12H21NO3S. The molecule has 1 aliphatic carbocycles. The van der Waals surface area contributed by atoms with Crippen LogP contribution in [-0.2, 0) is 14.6 Å². The second-order valence-electron chi connectivity index (χ2n) is 4.91. The van der Waals surface area contributed by atoms with Gasteiger partial charge in [0.2, 0.25) is 0 Å². The molecule has 3 atom stereocenters. The fourth-order valence-corrected chi connectivity index (χ4v) is 4.57. The Morgan fingerprint density at radius 1 is 1.41 bits per heavy atom. The minimum Gasteiger partial charge on any atom is -0.385 e. The van der Waals surface area contributed by atoms with E-state index in [1.54, 1.807) is 7.11 Å². The van der Waals surface area contributed by atoms with Crippen molar-refractivity contribution in [3.8, 4) is 6.07 Å². The number of nitrogens with zero attached hydrogens (tertiary/aromatic N) is 1. The Balaban J connectivity index is 2.69. The number of nitriles is 1. The van der Waals surface area contributed by atoms with Crippen LogP contribution in [0.25, 0.3) is 0 Å². The van der Waals surface area contributed by atoms with Gasteiger partial charge in [-0.05, 0) is 31.6 Å². The normalized spacial score (nSPS) is 29.8. The lowest BCUT2D eigenvalue weighted by Gasteiger charge is -2.30. The van der Waals surface area contributed by atoms with Crippen molar-refractivity contribution >= 4 is 9.84 Å². The fourth-order valence-electron chi connectivity index (χ4n) is 2.43. The first-order valence-electron chi connectivity index (χ1n) is 6.11. The molecule has 1 aliphatic rings. The molecule has 1 rings (SSSR count).